The topological polar surface area (TPSA) is 96.0 Å². The third kappa shape index (κ3) is 7.79. The zero-order valence-electron chi connectivity index (χ0n) is 22.3. The summed E-state index contributed by atoms with van der Waals surface area (Å²) in [6.45, 7) is 5.69. The van der Waals surface area contributed by atoms with E-state index in [2.05, 4.69) is 5.32 Å². The Kier molecular flexibility index (Phi) is 10.4. The van der Waals surface area contributed by atoms with Gasteiger partial charge >= 0.3 is 0 Å². The number of nitrogens with one attached hydrogen (secondary N) is 1. The molecule has 10 heteroatoms. The van der Waals surface area contributed by atoms with Crippen LogP contribution in [0.1, 0.15) is 26.3 Å². The Balaban J connectivity index is 1.97. The van der Waals surface area contributed by atoms with Gasteiger partial charge in [0.15, 0.2) is 0 Å². The molecule has 1 N–H and O–H groups in total. The molecule has 0 radical (unpaired) electrons. The molecule has 0 aliphatic carbocycles. The Morgan fingerprint density at radius 2 is 1.59 bits per heavy atom. The monoisotopic (exact) mass is 555 g/mol. The van der Waals surface area contributed by atoms with Gasteiger partial charge in [-0.2, -0.15) is 0 Å². The summed E-state index contributed by atoms with van der Waals surface area (Å²) in [6, 6.07) is 19.4. The Bertz CT molecular complexity index is 1330. The molecule has 2 amide bonds. The van der Waals surface area contributed by atoms with Crippen molar-refractivity contribution in [3.05, 3.63) is 90.2 Å². The molecule has 1 atom stereocenters. The van der Waals surface area contributed by atoms with E-state index in [1.165, 1.54) is 4.90 Å². The van der Waals surface area contributed by atoms with Crippen LogP contribution in [0, 0.1) is 5.82 Å². The van der Waals surface area contributed by atoms with E-state index in [0.717, 1.165) is 34.1 Å². The summed E-state index contributed by atoms with van der Waals surface area (Å²) in [7, 11) is -4.27. The van der Waals surface area contributed by atoms with Crippen molar-refractivity contribution in [1.82, 2.24) is 10.2 Å². The fourth-order valence-electron chi connectivity index (χ4n) is 4.03. The van der Waals surface area contributed by atoms with E-state index in [1.54, 1.807) is 38.1 Å². The highest BCUT2D eigenvalue weighted by atomic mass is 32.2. The molecule has 0 spiro atoms. The number of nitrogens with zero attached hydrogens (tertiary/aromatic N) is 2. The molecule has 0 heterocycles. The number of amides is 2. The van der Waals surface area contributed by atoms with Crippen LogP contribution < -0.4 is 14.4 Å². The lowest BCUT2D eigenvalue weighted by Crippen LogP contribution is -2.52. The maximum atomic E-state index is 13.8. The zero-order chi connectivity index (χ0) is 28.4. The SMILES string of the molecule is CCNC(=O)C(C)N(CCc1ccccc1)C(=O)CN(c1ccc(OCC)cc1)S(=O)(=O)c1ccc(F)cc1. The minimum atomic E-state index is -4.27. The number of halogens is 1. The number of carbonyl (C=O) groups is 2. The van der Waals surface area contributed by atoms with Crippen molar-refractivity contribution in [1.29, 1.82) is 0 Å². The molecule has 39 heavy (non-hydrogen) atoms. The molecule has 0 saturated heterocycles. The Morgan fingerprint density at radius 1 is 0.949 bits per heavy atom. The zero-order valence-corrected chi connectivity index (χ0v) is 23.2. The third-order valence-corrected chi connectivity index (χ3v) is 7.91. The second-order valence-corrected chi connectivity index (χ2v) is 10.6. The molecule has 208 valence electrons. The fraction of sp³-hybridized carbons (Fsp3) is 0.310. The van der Waals surface area contributed by atoms with E-state index in [9.17, 15) is 22.4 Å². The lowest BCUT2D eigenvalue weighted by atomic mass is 10.1. The van der Waals surface area contributed by atoms with Crippen molar-refractivity contribution in [3.63, 3.8) is 0 Å². The smallest absolute Gasteiger partial charge is 0.264 e. The van der Waals surface area contributed by atoms with Crippen LogP contribution in [0.25, 0.3) is 0 Å². The van der Waals surface area contributed by atoms with Crippen LogP contribution in [0.2, 0.25) is 0 Å². The fourth-order valence-corrected chi connectivity index (χ4v) is 5.44. The number of ether oxygens (including phenoxy) is 1. The molecule has 3 aromatic carbocycles. The molecule has 1 unspecified atom stereocenters. The third-order valence-electron chi connectivity index (χ3n) is 6.12. The quantitative estimate of drug-likeness (QED) is 0.344. The van der Waals surface area contributed by atoms with Gasteiger partial charge in [-0.05, 0) is 81.3 Å². The van der Waals surface area contributed by atoms with Crippen molar-refractivity contribution in [2.75, 3.05) is 30.5 Å². The molecule has 8 nitrogen and oxygen atoms in total. The average Bonchev–Trinajstić information content (AvgIpc) is 2.93. The van der Waals surface area contributed by atoms with Gasteiger partial charge in [0.2, 0.25) is 11.8 Å². The molecule has 3 aromatic rings. The first-order valence-corrected chi connectivity index (χ1v) is 14.2. The van der Waals surface area contributed by atoms with Gasteiger partial charge in [-0.1, -0.05) is 30.3 Å². The summed E-state index contributed by atoms with van der Waals surface area (Å²) in [6.07, 6.45) is 0.476. The molecule has 0 aromatic heterocycles. The first-order chi connectivity index (χ1) is 18.7. The van der Waals surface area contributed by atoms with Crippen LogP contribution in [0.5, 0.6) is 5.75 Å². The van der Waals surface area contributed by atoms with Crippen molar-refractivity contribution in [2.24, 2.45) is 0 Å². The van der Waals surface area contributed by atoms with Crippen LogP contribution in [-0.4, -0.2) is 57.4 Å². The number of likely N-dealkylation sites (N-methyl/N-ethyl adjacent to an activating group) is 1. The van der Waals surface area contributed by atoms with Crippen LogP contribution in [0.4, 0.5) is 10.1 Å². The van der Waals surface area contributed by atoms with Crippen LogP contribution in [-0.2, 0) is 26.0 Å². The number of hydrogen-bond acceptors (Lipinski definition) is 5. The summed E-state index contributed by atoms with van der Waals surface area (Å²) in [5, 5.41) is 2.73. The van der Waals surface area contributed by atoms with Gasteiger partial charge in [-0.25, -0.2) is 12.8 Å². The van der Waals surface area contributed by atoms with Gasteiger partial charge in [0.25, 0.3) is 10.0 Å². The normalized spacial score (nSPS) is 11.9. The summed E-state index contributed by atoms with van der Waals surface area (Å²) < 4.78 is 47.4. The molecular formula is C29H34FN3O5S. The van der Waals surface area contributed by atoms with E-state index in [1.807, 2.05) is 37.3 Å². The van der Waals surface area contributed by atoms with E-state index >= 15 is 0 Å². The first kappa shape index (κ1) is 29.6. The van der Waals surface area contributed by atoms with Crippen molar-refractivity contribution < 1.29 is 27.1 Å². The molecule has 0 aliphatic heterocycles. The van der Waals surface area contributed by atoms with Crippen molar-refractivity contribution in [3.8, 4) is 5.75 Å². The molecule has 0 aliphatic rings. The predicted octanol–water partition coefficient (Wildman–Crippen LogP) is 4.02. The minimum Gasteiger partial charge on any atom is -0.494 e. The maximum absolute atomic E-state index is 13.8. The predicted molar refractivity (Wildman–Crippen MR) is 149 cm³/mol. The highest BCUT2D eigenvalue weighted by Crippen LogP contribution is 2.26. The van der Waals surface area contributed by atoms with E-state index in [4.69, 9.17) is 4.74 Å². The Hall–Kier alpha value is -3.92. The van der Waals surface area contributed by atoms with E-state index in [0.29, 0.717) is 25.3 Å². The van der Waals surface area contributed by atoms with Crippen molar-refractivity contribution >= 4 is 27.5 Å². The van der Waals surface area contributed by atoms with Gasteiger partial charge in [0.1, 0.15) is 24.2 Å². The highest BCUT2D eigenvalue weighted by molar-refractivity contribution is 7.92. The average molecular weight is 556 g/mol. The second kappa shape index (κ2) is 13.7. The molecule has 3 rings (SSSR count). The summed E-state index contributed by atoms with van der Waals surface area (Å²) >= 11 is 0. The van der Waals surface area contributed by atoms with Crippen LogP contribution in [0.3, 0.4) is 0 Å². The maximum Gasteiger partial charge on any atom is 0.264 e. The number of anilines is 1. The Labute approximate surface area is 229 Å². The summed E-state index contributed by atoms with van der Waals surface area (Å²) in [5.41, 5.74) is 1.20. The van der Waals surface area contributed by atoms with Gasteiger partial charge in [-0.15, -0.1) is 0 Å². The lowest BCUT2D eigenvalue weighted by Gasteiger charge is -2.32. The van der Waals surface area contributed by atoms with E-state index in [-0.39, 0.29) is 23.0 Å². The number of sulfonamides is 1. The van der Waals surface area contributed by atoms with E-state index < -0.39 is 34.3 Å². The largest absolute Gasteiger partial charge is 0.494 e. The van der Waals surface area contributed by atoms with Crippen LogP contribution in [0.15, 0.2) is 83.8 Å². The standard InChI is InChI=1S/C29H34FN3O5S/c1-4-31-29(35)22(3)32(20-19-23-9-7-6-8-10-23)28(34)21-33(25-13-15-26(16-14-25)38-5-2)39(36,37)27-17-11-24(30)12-18-27/h6-18,22H,4-5,19-21H2,1-3H3,(H,31,35). The summed E-state index contributed by atoms with van der Waals surface area (Å²) in [5.74, 6) is -0.932. The van der Waals surface area contributed by atoms with Gasteiger partial charge in [0, 0.05) is 13.1 Å². The number of carbonyl (C=O) groups excluding carboxylic acids is 2. The molecular weight excluding hydrogens is 521 g/mol. The molecule has 0 saturated carbocycles. The highest BCUT2D eigenvalue weighted by Gasteiger charge is 2.32. The number of benzene rings is 3. The lowest BCUT2D eigenvalue weighted by molar-refractivity contribution is -0.138. The second-order valence-electron chi connectivity index (χ2n) is 8.79. The molecule has 0 fully saturated rings. The van der Waals surface area contributed by atoms with Crippen molar-refractivity contribution in [2.45, 2.75) is 38.1 Å². The number of hydrogen-bond donors (Lipinski definition) is 1. The summed E-state index contributed by atoms with van der Waals surface area (Å²) in [4.78, 5) is 27.7. The minimum absolute atomic E-state index is 0.168. The van der Waals surface area contributed by atoms with Gasteiger partial charge in [-0.3, -0.25) is 13.9 Å². The number of rotatable bonds is 13. The first-order valence-electron chi connectivity index (χ1n) is 12.8. The van der Waals surface area contributed by atoms with Crippen LogP contribution >= 0.6 is 0 Å². The Morgan fingerprint density at radius 3 is 2.18 bits per heavy atom. The molecule has 0 bridgehead atoms. The van der Waals surface area contributed by atoms with Gasteiger partial charge in [0.05, 0.1) is 17.2 Å². The van der Waals surface area contributed by atoms with Gasteiger partial charge < -0.3 is 15.0 Å².